The molecule has 0 spiro atoms. The first-order valence-electron chi connectivity index (χ1n) is 5.48. The molecular formula is C11H15N3O4. The molecule has 0 radical (unpaired) electrons. The van der Waals surface area contributed by atoms with Crippen LogP contribution < -0.4 is 11.1 Å². The van der Waals surface area contributed by atoms with Crippen molar-refractivity contribution in [2.45, 2.75) is 13.3 Å². The molecule has 0 fully saturated rings. The highest BCUT2D eigenvalue weighted by Crippen LogP contribution is 2.33. The van der Waals surface area contributed by atoms with E-state index in [0.29, 0.717) is 6.42 Å². The van der Waals surface area contributed by atoms with Crippen molar-refractivity contribution < 1.29 is 14.8 Å². The summed E-state index contributed by atoms with van der Waals surface area (Å²) < 4.78 is 0. The summed E-state index contributed by atoms with van der Waals surface area (Å²) >= 11 is 0. The van der Waals surface area contributed by atoms with Gasteiger partial charge in [0.2, 0.25) is 5.91 Å². The van der Waals surface area contributed by atoms with Gasteiger partial charge in [-0.1, -0.05) is 13.0 Å². The molecule has 1 aromatic rings. The normalized spacial score (nSPS) is 11.9. The molecule has 0 aliphatic heterocycles. The third kappa shape index (κ3) is 2.95. The fourth-order valence-electron chi connectivity index (χ4n) is 1.49. The average Bonchev–Trinajstić information content (AvgIpc) is 2.33. The van der Waals surface area contributed by atoms with Crippen molar-refractivity contribution in [3.8, 4) is 5.75 Å². The van der Waals surface area contributed by atoms with Crippen molar-refractivity contribution in [2.75, 3.05) is 11.9 Å². The van der Waals surface area contributed by atoms with Gasteiger partial charge < -0.3 is 16.2 Å². The van der Waals surface area contributed by atoms with Crippen LogP contribution in [0.4, 0.5) is 11.4 Å². The van der Waals surface area contributed by atoms with E-state index in [2.05, 4.69) is 5.32 Å². The maximum atomic E-state index is 11.8. The van der Waals surface area contributed by atoms with Crippen LogP contribution in [-0.2, 0) is 4.79 Å². The van der Waals surface area contributed by atoms with E-state index in [1.165, 1.54) is 18.2 Å². The molecule has 0 aromatic heterocycles. The Hall–Kier alpha value is -2.15. The summed E-state index contributed by atoms with van der Waals surface area (Å²) in [5.41, 5.74) is 4.87. The molecule has 0 aliphatic carbocycles. The molecule has 0 saturated heterocycles. The Morgan fingerprint density at radius 3 is 2.78 bits per heavy atom. The third-order valence-corrected chi connectivity index (χ3v) is 2.61. The zero-order valence-electron chi connectivity index (χ0n) is 9.92. The maximum absolute atomic E-state index is 11.8. The lowest BCUT2D eigenvalue weighted by Gasteiger charge is -2.13. The molecule has 1 unspecified atom stereocenters. The number of hydrogen-bond acceptors (Lipinski definition) is 5. The van der Waals surface area contributed by atoms with Gasteiger partial charge in [-0.15, -0.1) is 0 Å². The van der Waals surface area contributed by atoms with Gasteiger partial charge in [0.1, 0.15) is 5.75 Å². The summed E-state index contributed by atoms with van der Waals surface area (Å²) in [6, 6.07) is 3.81. The number of aromatic hydroxyl groups is 1. The van der Waals surface area contributed by atoms with E-state index in [0.717, 1.165) is 0 Å². The molecule has 98 valence electrons. The first kappa shape index (κ1) is 13.9. The van der Waals surface area contributed by atoms with Gasteiger partial charge in [0, 0.05) is 12.6 Å². The predicted octanol–water partition coefficient (Wildman–Crippen LogP) is 1.22. The van der Waals surface area contributed by atoms with Gasteiger partial charge in [-0.05, 0) is 12.5 Å². The monoisotopic (exact) mass is 253 g/mol. The molecule has 1 aromatic carbocycles. The molecule has 1 amide bonds. The smallest absolute Gasteiger partial charge is 0.296 e. The van der Waals surface area contributed by atoms with Crippen LogP contribution in [0.5, 0.6) is 5.75 Å². The van der Waals surface area contributed by atoms with Crippen molar-refractivity contribution in [2.24, 2.45) is 11.7 Å². The number of para-hydroxylation sites is 1. The van der Waals surface area contributed by atoms with E-state index in [-0.39, 0.29) is 23.7 Å². The van der Waals surface area contributed by atoms with Gasteiger partial charge in [-0.3, -0.25) is 14.9 Å². The minimum Gasteiger partial charge on any atom is -0.505 e. The first-order chi connectivity index (χ1) is 8.51. The summed E-state index contributed by atoms with van der Waals surface area (Å²) in [6.45, 7) is 1.93. The Balaban J connectivity index is 3.03. The number of nitro benzene ring substituents is 1. The van der Waals surface area contributed by atoms with Crippen LogP contribution in [-0.4, -0.2) is 22.5 Å². The van der Waals surface area contributed by atoms with Gasteiger partial charge in [-0.2, -0.15) is 0 Å². The van der Waals surface area contributed by atoms with Crippen molar-refractivity contribution in [3.05, 3.63) is 28.3 Å². The quantitative estimate of drug-likeness (QED) is 0.414. The number of carbonyl (C=O) groups is 1. The van der Waals surface area contributed by atoms with Crippen molar-refractivity contribution >= 4 is 17.3 Å². The third-order valence-electron chi connectivity index (χ3n) is 2.61. The second kappa shape index (κ2) is 5.97. The second-order valence-corrected chi connectivity index (χ2v) is 3.76. The SMILES string of the molecule is CCC(CN)C(=O)Nc1c(O)cccc1[N+](=O)[O-]. The van der Waals surface area contributed by atoms with E-state index in [4.69, 9.17) is 5.73 Å². The van der Waals surface area contributed by atoms with Crippen LogP contribution in [0.2, 0.25) is 0 Å². The minimum absolute atomic E-state index is 0.143. The summed E-state index contributed by atoms with van der Waals surface area (Å²) in [5, 5.41) is 22.7. The lowest BCUT2D eigenvalue weighted by molar-refractivity contribution is -0.384. The van der Waals surface area contributed by atoms with Gasteiger partial charge in [0.25, 0.3) is 5.69 Å². The van der Waals surface area contributed by atoms with Crippen LogP contribution in [0.25, 0.3) is 0 Å². The Labute approximate surface area is 104 Å². The number of carbonyl (C=O) groups excluding carboxylic acids is 1. The summed E-state index contributed by atoms with van der Waals surface area (Å²) in [7, 11) is 0. The number of amides is 1. The Bertz CT molecular complexity index is 458. The Morgan fingerprint density at radius 2 is 2.28 bits per heavy atom. The molecule has 0 heterocycles. The largest absolute Gasteiger partial charge is 0.505 e. The molecule has 7 nitrogen and oxygen atoms in total. The molecule has 0 saturated carbocycles. The molecule has 4 N–H and O–H groups in total. The van der Waals surface area contributed by atoms with Gasteiger partial charge >= 0.3 is 0 Å². The fraction of sp³-hybridized carbons (Fsp3) is 0.364. The van der Waals surface area contributed by atoms with Crippen LogP contribution in [0.1, 0.15) is 13.3 Å². The second-order valence-electron chi connectivity index (χ2n) is 3.76. The number of phenols is 1. The number of phenolic OH excluding ortho intramolecular Hbond substituents is 1. The number of nitrogens with two attached hydrogens (primary N) is 1. The fourth-order valence-corrected chi connectivity index (χ4v) is 1.49. The first-order valence-corrected chi connectivity index (χ1v) is 5.48. The van der Waals surface area contributed by atoms with Crippen molar-refractivity contribution in [3.63, 3.8) is 0 Å². The maximum Gasteiger partial charge on any atom is 0.296 e. The number of anilines is 1. The Morgan fingerprint density at radius 1 is 1.61 bits per heavy atom. The molecule has 0 bridgehead atoms. The van der Waals surface area contributed by atoms with Crippen molar-refractivity contribution in [1.29, 1.82) is 0 Å². The zero-order valence-corrected chi connectivity index (χ0v) is 9.92. The molecule has 1 rings (SSSR count). The van der Waals surface area contributed by atoms with Crippen LogP contribution >= 0.6 is 0 Å². The number of nitrogens with one attached hydrogen (secondary N) is 1. The van der Waals surface area contributed by atoms with Crippen LogP contribution in [0.3, 0.4) is 0 Å². The minimum atomic E-state index is -0.668. The van der Waals surface area contributed by atoms with E-state index >= 15 is 0 Å². The van der Waals surface area contributed by atoms with Gasteiger partial charge in [0.15, 0.2) is 5.69 Å². The van der Waals surface area contributed by atoms with E-state index in [9.17, 15) is 20.0 Å². The number of rotatable bonds is 5. The zero-order chi connectivity index (χ0) is 13.7. The Kier molecular flexibility index (Phi) is 4.61. The lowest BCUT2D eigenvalue weighted by atomic mass is 10.1. The number of nitro groups is 1. The van der Waals surface area contributed by atoms with Gasteiger partial charge in [0.05, 0.1) is 10.8 Å². The predicted molar refractivity (Wildman–Crippen MR) is 66.2 cm³/mol. The highest BCUT2D eigenvalue weighted by molar-refractivity contribution is 5.96. The average molecular weight is 253 g/mol. The number of hydrogen-bond donors (Lipinski definition) is 3. The topological polar surface area (TPSA) is 118 Å². The highest BCUT2D eigenvalue weighted by Gasteiger charge is 2.22. The number of benzene rings is 1. The summed E-state index contributed by atoms with van der Waals surface area (Å²) in [4.78, 5) is 21.9. The lowest BCUT2D eigenvalue weighted by Crippen LogP contribution is -2.28. The molecule has 1 atom stereocenters. The van der Waals surface area contributed by atoms with E-state index in [1.807, 2.05) is 0 Å². The summed E-state index contributed by atoms with van der Waals surface area (Å²) in [5.74, 6) is -1.22. The molecular weight excluding hydrogens is 238 g/mol. The number of nitrogens with zero attached hydrogens (tertiary/aromatic N) is 1. The highest BCUT2D eigenvalue weighted by atomic mass is 16.6. The van der Waals surface area contributed by atoms with Crippen LogP contribution in [0, 0.1) is 16.0 Å². The standard InChI is InChI=1S/C11H15N3O4/c1-2-7(6-12)11(16)13-10-8(14(17)18)4-3-5-9(10)15/h3-5,7,15H,2,6,12H2,1H3,(H,13,16). The molecule has 7 heteroatoms. The van der Waals surface area contributed by atoms with E-state index in [1.54, 1.807) is 6.92 Å². The molecule has 0 aliphatic rings. The van der Waals surface area contributed by atoms with Crippen LogP contribution in [0.15, 0.2) is 18.2 Å². The molecule has 18 heavy (non-hydrogen) atoms. The summed E-state index contributed by atoms with van der Waals surface area (Å²) in [6.07, 6.45) is 0.518. The van der Waals surface area contributed by atoms with E-state index < -0.39 is 16.7 Å². The van der Waals surface area contributed by atoms with Gasteiger partial charge in [-0.25, -0.2) is 0 Å². The van der Waals surface area contributed by atoms with Crippen molar-refractivity contribution in [1.82, 2.24) is 0 Å².